The number of anilines is 1. The van der Waals surface area contributed by atoms with Crippen LogP contribution < -0.4 is 9.62 Å². The average molecular weight is 556 g/mol. The molecule has 7 nitrogen and oxygen atoms in total. The smallest absolute Gasteiger partial charge is 0.243 e. The van der Waals surface area contributed by atoms with Crippen LogP contribution in [-0.2, 0) is 26.2 Å². The maximum Gasteiger partial charge on any atom is 0.243 e. The zero-order chi connectivity index (χ0) is 28.6. The van der Waals surface area contributed by atoms with Crippen LogP contribution in [0.2, 0.25) is 0 Å². The third kappa shape index (κ3) is 8.31. The van der Waals surface area contributed by atoms with Crippen LogP contribution >= 0.6 is 0 Å². The molecule has 2 aromatic rings. The minimum absolute atomic E-state index is 0.0977. The number of carbonyl (C=O) groups is 2. The van der Waals surface area contributed by atoms with Gasteiger partial charge in [-0.1, -0.05) is 62.6 Å². The van der Waals surface area contributed by atoms with Gasteiger partial charge in [-0.05, 0) is 74.8 Å². The van der Waals surface area contributed by atoms with Crippen molar-refractivity contribution in [2.75, 3.05) is 17.1 Å². The molecule has 1 aliphatic rings. The van der Waals surface area contributed by atoms with Crippen molar-refractivity contribution >= 4 is 27.5 Å². The van der Waals surface area contributed by atoms with E-state index in [0.29, 0.717) is 25.1 Å². The largest absolute Gasteiger partial charge is 0.352 e. The fourth-order valence-corrected chi connectivity index (χ4v) is 6.44. The highest BCUT2D eigenvalue weighted by molar-refractivity contribution is 7.92. The highest BCUT2D eigenvalue weighted by atomic mass is 32.2. The van der Waals surface area contributed by atoms with Crippen LogP contribution in [0, 0.1) is 20.8 Å². The van der Waals surface area contributed by atoms with E-state index in [1.54, 1.807) is 11.0 Å². The lowest BCUT2D eigenvalue weighted by Gasteiger charge is -2.33. The standard InChI is InChI=1S/C31H45N3O4S/c1-6-28(31(36)32-27-17-8-7-9-18-27)33(22-26-16-11-10-14-24(26)3)30(35)20-13-21-34(39(5,37)38)29-19-12-15-23(2)25(29)4/h10-12,14-16,19,27-28H,6-9,13,17-18,20-22H2,1-5H3,(H,32,36)/t28-/m1/s1. The number of amides is 2. The van der Waals surface area contributed by atoms with Crippen LogP contribution in [0.4, 0.5) is 5.69 Å². The Kier molecular flexibility index (Phi) is 11.0. The molecule has 0 saturated heterocycles. The summed E-state index contributed by atoms with van der Waals surface area (Å²) in [5, 5.41) is 3.21. The van der Waals surface area contributed by atoms with Crippen molar-refractivity contribution in [3.8, 4) is 0 Å². The van der Waals surface area contributed by atoms with Crippen LogP contribution in [0.5, 0.6) is 0 Å². The molecular formula is C31H45N3O4S. The molecule has 2 aromatic carbocycles. The topological polar surface area (TPSA) is 86.8 Å². The van der Waals surface area contributed by atoms with Crippen molar-refractivity contribution in [1.82, 2.24) is 10.2 Å². The summed E-state index contributed by atoms with van der Waals surface area (Å²) >= 11 is 0. The van der Waals surface area contributed by atoms with Crippen LogP contribution in [-0.4, -0.2) is 50.0 Å². The lowest BCUT2D eigenvalue weighted by molar-refractivity contribution is -0.141. The van der Waals surface area contributed by atoms with Crippen molar-refractivity contribution in [3.05, 3.63) is 64.7 Å². The number of aryl methyl sites for hydroxylation is 2. The van der Waals surface area contributed by atoms with Crippen molar-refractivity contribution in [2.45, 2.75) is 97.7 Å². The molecule has 8 heteroatoms. The monoisotopic (exact) mass is 555 g/mol. The average Bonchev–Trinajstić information content (AvgIpc) is 2.89. The predicted molar refractivity (Wildman–Crippen MR) is 158 cm³/mol. The van der Waals surface area contributed by atoms with Gasteiger partial charge >= 0.3 is 0 Å². The first kappa shape index (κ1) is 30.7. The number of rotatable bonds is 12. The normalized spacial score (nSPS) is 15.0. The highest BCUT2D eigenvalue weighted by Gasteiger charge is 2.31. The number of carbonyl (C=O) groups excluding carboxylic acids is 2. The third-order valence-corrected chi connectivity index (χ3v) is 9.12. The maximum atomic E-state index is 13.7. The van der Waals surface area contributed by atoms with Crippen LogP contribution in [0.3, 0.4) is 0 Å². The first-order chi connectivity index (χ1) is 18.5. The quantitative estimate of drug-likeness (QED) is 0.379. The van der Waals surface area contributed by atoms with Crippen molar-refractivity contribution in [3.63, 3.8) is 0 Å². The molecule has 0 spiro atoms. The van der Waals surface area contributed by atoms with E-state index >= 15 is 0 Å². The van der Waals surface area contributed by atoms with Crippen molar-refractivity contribution in [2.24, 2.45) is 0 Å². The van der Waals surface area contributed by atoms with Crippen LogP contribution in [0.1, 0.15) is 80.5 Å². The Morgan fingerprint density at radius 2 is 1.64 bits per heavy atom. The number of nitrogens with zero attached hydrogens (tertiary/aromatic N) is 2. The van der Waals surface area contributed by atoms with E-state index in [1.807, 2.05) is 64.1 Å². The molecule has 2 amide bonds. The molecule has 1 fully saturated rings. The summed E-state index contributed by atoms with van der Waals surface area (Å²) in [4.78, 5) is 28.9. The SMILES string of the molecule is CC[C@H](C(=O)NC1CCCCC1)N(Cc1ccccc1C)C(=O)CCCN(c1cccc(C)c1C)S(C)(=O)=O. The van der Waals surface area contributed by atoms with Gasteiger partial charge in [-0.2, -0.15) is 0 Å². The van der Waals surface area contributed by atoms with E-state index in [2.05, 4.69) is 5.32 Å². The number of hydrogen-bond acceptors (Lipinski definition) is 4. The molecule has 0 aliphatic heterocycles. The predicted octanol–water partition coefficient (Wildman–Crippen LogP) is 5.41. The Labute approximate surface area is 235 Å². The van der Waals surface area contributed by atoms with Gasteiger partial charge in [0.15, 0.2) is 0 Å². The number of sulfonamides is 1. The van der Waals surface area contributed by atoms with Crippen LogP contribution in [0.15, 0.2) is 42.5 Å². The highest BCUT2D eigenvalue weighted by Crippen LogP contribution is 2.26. The Morgan fingerprint density at radius 1 is 0.974 bits per heavy atom. The van der Waals surface area contributed by atoms with Crippen molar-refractivity contribution < 1.29 is 18.0 Å². The third-order valence-electron chi connectivity index (χ3n) is 7.94. The van der Waals surface area contributed by atoms with E-state index in [0.717, 1.165) is 47.9 Å². The Balaban J connectivity index is 1.79. The molecule has 1 atom stereocenters. The van der Waals surface area contributed by atoms with Gasteiger partial charge in [0.1, 0.15) is 6.04 Å². The minimum atomic E-state index is -3.54. The number of hydrogen-bond donors (Lipinski definition) is 1. The van der Waals surface area contributed by atoms with Gasteiger partial charge in [0, 0.05) is 25.6 Å². The molecule has 0 bridgehead atoms. The molecule has 0 unspecified atom stereocenters. The molecule has 1 N–H and O–H groups in total. The van der Waals surface area contributed by atoms with Gasteiger partial charge in [0.25, 0.3) is 0 Å². The molecule has 39 heavy (non-hydrogen) atoms. The van der Waals surface area contributed by atoms with Gasteiger partial charge in [-0.3, -0.25) is 13.9 Å². The summed E-state index contributed by atoms with van der Waals surface area (Å²) in [6.45, 7) is 8.35. The summed E-state index contributed by atoms with van der Waals surface area (Å²) in [5.41, 5.74) is 4.62. The second kappa shape index (κ2) is 14.0. The second-order valence-corrected chi connectivity index (χ2v) is 12.8. The summed E-state index contributed by atoms with van der Waals surface area (Å²) in [6, 6.07) is 13.1. The van der Waals surface area contributed by atoms with Crippen LogP contribution in [0.25, 0.3) is 0 Å². The van der Waals surface area contributed by atoms with E-state index in [4.69, 9.17) is 0 Å². The maximum absolute atomic E-state index is 13.7. The Bertz CT molecular complexity index is 1240. The molecule has 0 heterocycles. The van der Waals surface area contributed by atoms with Gasteiger partial charge in [-0.25, -0.2) is 8.42 Å². The minimum Gasteiger partial charge on any atom is -0.352 e. The first-order valence-corrected chi connectivity index (χ1v) is 16.1. The zero-order valence-electron chi connectivity index (χ0n) is 24.2. The number of nitrogens with one attached hydrogen (secondary N) is 1. The molecule has 214 valence electrons. The van der Waals surface area contributed by atoms with Crippen molar-refractivity contribution in [1.29, 1.82) is 0 Å². The lowest BCUT2D eigenvalue weighted by Crippen LogP contribution is -2.51. The lowest BCUT2D eigenvalue weighted by atomic mass is 9.95. The van der Waals surface area contributed by atoms with Gasteiger partial charge in [0.2, 0.25) is 21.8 Å². The first-order valence-electron chi connectivity index (χ1n) is 14.2. The molecule has 1 aliphatic carbocycles. The van der Waals surface area contributed by atoms with Gasteiger partial charge in [-0.15, -0.1) is 0 Å². The molecule has 0 radical (unpaired) electrons. The zero-order valence-corrected chi connectivity index (χ0v) is 25.0. The van der Waals surface area contributed by atoms with E-state index in [9.17, 15) is 18.0 Å². The fourth-order valence-electron chi connectivity index (χ4n) is 5.42. The molecule has 1 saturated carbocycles. The van der Waals surface area contributed by atoms with E-state index in [1.165, 1.54) is 17.0 Å². The second-order valence-electron chi connectivity index (χ2n) is 10.9. The Morgan fingerprint density at radius 3 is 2.28 bits per heavy atom. The molecular weight excluding hydrogens is 510 g/mol. The summed E-state index contributed by atoms with van der Waals surface area (Å²) < 4.78 is 26.8. The van der Waals surface area contributed by atoms with Gasteiger partial charge in [0.05, 0.1) is 11.9 Å². The Hall–Kier alpha value is -2.87. The van der Waals surface area contributed by atoms with Gasteiger partial charge < -0.3 is 10.2 Å². The molecule has 0 aromatic heterocycles. The molecule has 3 rings (SSSR count). The summed E-state index contributed by atoms with van der Waals surface area (Å²) in [7, 11) is -3.54. The van der Waals surface area contributed by atoms with E-state index in [-0.39, 0.29) is 30.8 Å². The number of benzene rings is 2. The summed E-state index contributed by atoms with van der Waals surface area (Å²) in [5.74, 6) is -0.238. The van der Waals surface area contributed by atoms with E-state index < -0.39 is 16.1 Å². The summed E-state index contributed by atoms with van der Waals surface area (Å²) in [6.07, 6.45) is 7.60. The fraction of sp³-hybridized carbons (Fsp3) is 0.548.